The summed E-state index contributed by atoms with van der Waals surface area (Å²) >= 11 is 0. The van der Waals surface area contributed by atoms with Gasteiger partial charge in [0.05, 0.1) is 17.2 Å². The smallest absolute Gasteiger partial charge is 0.257 e. The second kappa shape index (κ2) is 8.39. The Morgan fingerprint density at radius 1 is 0.655 bits per heavy atom. The topological polar surface area (TPSA) is 98.3 Å². The van der Waals surface area contributed by atoms with Crippen molar-refractivity contribution in [1.82, 2.24) is 0 Å². The maximum absolute atomic E-state index is 12.8. The number of amides is 2. The number of nitrogens with one attached hydrogen (secondary N) is 2. The summed E-state index contributed by atoms with van der Waals surface area (Å²) in [5, 5.41) is 16.7. The van der Waals surface area contributed by atoms with Gasteiger partial charge in [-0.2, -0.15) is 0 Å². The van der Waals surface area contributed by atoms with Crippen LogP contribution in [0, 0.1) is 13.8 Å². The SMILES string of the molecule is Cc1cccc(NC(=O)c2ccccc2NC(=O)c2ccccc2C(=O)[O-])c1C. The van der Waals surface area contributed by atoms with Crippen LogP contribution < -0.4 is 15.7 Å². The van der Waals surface area contributed by atoms with Crippen LogP contribution in [-0.4, -0.2) is 17.8 Å². The average Bonchev–Trinajstić information content (AvgIpc) is 2.71. The van der Waals surface area contributed by atoms with Gasteiger partial charge in [0.25, 0.3) is 11.8 Å². The predicted octanol–water partition coefficient (Wildman–Crippen LogP) is 3.17. The molecule has 0 aliphatic carbocycles. The predicted molar refractivity (Wildman–Crippen MR) is 109 cm³/mol. The summed E-state index contributed by atoms with van der Waals surface area (Å²) in [5.41, 5.74) is 2.94. The van der Waals surface area contributed by atoms with Gasteiger partial charge in [0.15, 0.2) is 0 Å². The van der Waals surface area contributed by atoms with Crippen molar-refractivity contribution >= 4 is 29.2 Å². The van der Waals surface area contributed by atoms with Crippen molar-refractivity contribution in [3.63, 3.8) is 0 Å². The molecular formula is C23H19N2O4-. The van der Waals surface area contributed by atoms with Crippen LogP contribution in [0.3, 0.4) is 0 Å². The molecule has 0 radical (unpaired) electrons. The average molecular weight is 387 g/mol. The first-order chi connectivity index (χ1) is 13.9. The summed E-state index contributed by atoms with van der Waals surface area (Å²) in [6.45, 7) is 3.86. The third-order valence-electron chi connectivity index (χ3n) is 4.66. The van der Waals surface area contributed by atoms with Crippen LogP contribution in [0.4, 0.5) is 11.4 Å². The Morgan fingerprint density at radius 2 is 1.17 bits per heavy atom. The number of aryl methyl sites for hydroxylation is 1. The fourth-order valence-corrected chi connectivity index (χ4v) is 2.92. The third kappa shape index (κ3) is 4.32. The molecule has 0 fully saturated rings. The molecule has 0 aliphatic heterocycles. The molecule has 0 saturated carbocycles. The highest BCUT2D eigenvalue weighted by Gasteiger charge is 2.17. The molecule has 0 atom stereocenters. The highest BCUT2D eigenvalue weighted by Crippen LogP contribution is 2.22. The molecule has 2 N–H and O–H groups in total. The van der Waals surface area contributed by atoms with E-state index in [0.717, 1.165) is 11.1 Å². The standard InChI is InChI=1S/C23H20N2O4/c1-14-8-7-13-19(15(14)2)24-22(27)18-11-5-6-12-20(18)25-21(26)16-9-3-4-10-17(16)23(28)29/h3-13H,1-2H3,(H,24,27)(H,25,26)(H,28,29)/p-1. The monoisotopic (exact) mass is 387 g/mol. The minimum atomic E-state index is -1.45. The number of hydrogen-bond donors (Lipinski definition) is 2. The second-order valence-electron chi connectivity index (χ2n) is 6.53. The Kier molecular flexibility index (Phi) is 5.74. The number of aromatic carboxylic acids is 1. The van der Waals surface area contributed by atoms with Crippen molar-refractivity contribution in [3.8, 4) is 0 Å². The zero-order chi connectivity index (χ0) is 21.0. The van der Waals surface area contributed by atoms with Crippen molar-refractivity contribution in [2.45, 2.75) is 13.8 Å². The highest BCUT2D eigenvalue weighted by molar-refractivity contribution is 6.14. The number of carbonyl (C=O) groups is 3. The number of rotatable bonds is 5. The summed E-state index contributed by atoms with van der Waals surface area (Å²) in [6.07, 6.45) is 0. The molecule has 0 bridgehead atoms. The van der Waals surface area contributed by atoms with E-state index in [1.165, 1.54) is 18.2 Å². The van der Waals surface area contributed by atoms with E-state index < -0.39 is 11.9 Å². The molecule has 3 aromatic carbocycles. The number of hydrogen-bond acceptors (Lipinski definition) is 4. The lowest BCUT2D eigenvalue weighted by Gasteiger charge is -2.15. The van der Waals surface area contributed by atoms with Crippen LogP contribution in [0.5, 0.6) is 0 Å². The maximum Gasteiger partial charge on any atom is 0.257 e. The molecule has 0 aliphatic rings. The molecule has 29 heavy (non-hydrogen) atoms. The van der Waals surface area contributed by atoms with Gasteiger partial charge < -0.3 is 20.5 Å². The minimum Gasteiger partial charge on any atom is -0.545 e. The van der Waals surface area contributed by atoms with Crippen LogP contribution in [-0.2, 0) is 0 Å². The van der Waals surface area contributed by atoms with Crippen LogP contribution in [0.25, 0.3) is 0 Å². The lowest BCUT2D eigenvalue weighted by atomic mass is 10.1. The van der Waals surface area contributed by atoms with Crippen LogP contribution in [0.1, 0.15) is 42.2 Å². The van der Waals surface area contributed by atoms with Gasteiger partial charge in [-0.05, 0) is 49.2 Å². The van der Waals surface area contributed by atoms with E-state index in [1.54, 1.807) is 36.4 Å². The Bertz CT molecular complexity index is 1110. The highest BCUT2D eigenvalue weighted by atomic mass is 16.4. The second-order valence-corrected chi connectivity index (χ2v) is 6.53. The van der Waals surface area contributed by atoms with Gasteiger partial charge in [-0.3, -0.25) is 9.59 Å². The van der Waals surface area contributed by atoms with E-state index in [0.29, 0.717) is 5.69 Å². The van der Waals surface area contributed by atoms with E-state index in [2.05, 4.69) is 10.6 Å². The van der Waals surface area contributed by atoms with E-state index in [9.17, 15) is 19.5 Å². The quantitative estimate of drug-likeness (QED) is 0.702. The zero-order valence-electron chi connectivity index (χ0n) is 16.0. The summed E-state index contributed by atoms with van der Waals surface area (Å²) in [4.78, 5) is 36.7. The van der Waals surface area contributed by atoms with Gasteiger partial charge in [0, 0.05) is 16.8 Å². The molecule has 6 nitrogen and oxygen atoms in total. The van der Waals surface area contributed by atoms with Crippen molar-refractivity contribution in [2.75, 3.05) is 10.6 Å². The Morgan fingerprint density at radius 3 is 1.86 bits per heavy atom. The van der Waals surface area contributed by atoms with E-state index in [4.69, 9.17) is 0 Å². The number of anilines is 2. The Hall–Kier alpha value is -3.93. The fraction of sp³-hybridized carbons (Fsp3) is 0.0870. The number of benzene rings is 3. The molecule has 0 unspecified atom stereocenters. The minimum absolute atomic E-state index is 0.0442. The van der Waals surface area contributed by atoms with Gasteiger partial charge in [-0.15, -0.1) is 0 Å². The number of carboxylic acids is 1. The lowest BCUT2D eigenvalue weighted by molar-refractivity contribution is -0.255. The van der Waals surface area contributed by atoms with E-state index in [-0.39, 0.29) is 28.3 Å². The van der Waals surface area contributed by atoms with Crippen molar-refractivity contribution in [3.05, 3.63) is 94.5 Å². The normalized spacial score (nSPS) is 10.3. The first-order valence-electron chi connectivity index (χ1n) is 8.97. The molecular weight excluding hydrogens is 368 g/mol. The van der Waals surface area contributed by atoms with E-state index >= 15 is 0 Å². The molecule has 3 aromatic rings. The lowest BCUT2D eigenvalue weighted by Crippen LogP contribution is -2.27. The summed E-state index contributed by atoms with van der Waals surface area (Å²) < 4.78 is 0. The fourth-order valence-electron chi connectivity index (χ4n) is 2.92. The number of carboxylic acid groups (broad SMARTS) is 1. The molecule has 0 saturated heterocycles. The largest absolute Gasteiger partial charge is 0.545 e. The molecule has 3 rings (SSSR count). The Balaban J connectivity index is 1.88. The molecule has 0 heterocycles. The maximum atomic E-state index is 12.8. The van der Waals surface area contributed by atoms with Crippen molar-refractivity contribution in [1.29, 1.82) is 0 Å². The molecule has 146 valence electrons. The molecule has 6 heteroatoms. The van der Waals surface area contributed by atoms with Gasteiger partial charge in [-0.1, -0.05) is 42.5 Å². The molecule has 0 spiro atoms. The Labute approximate surface area is 168 Å². The van der Waals surface area contributed by atoms with Crippen LogP contribution in [0.15, 0.2) is 66.7 Å². The molecule has 0 aromatic heterocycles. The third-order valence-corrected chi connectivity index (χ3v) is 4.66. The summed E-state index contributed by atoms with van der Waals surface area (Å²) in [6, 6.07) is 17.9. The van der Waals surface area contributed by atoms with Crippen molar-refractivity contribution < 1.29 is 19.5 Å². The summed E-state index contributed by atoms with van der Waals surface area (Å²) in [7, 11) is 0. The zero-order valence-corrected chi connectivity index (χ0v) is 16.0. The first-order valence-corrected chi connectivity index (χ1v) is 8.97. The number of carbonyl (C=O) groups excluding carboxylic acids is 3. The van der Waals surface area contributed by atoms with Gasteiger partial charge in [-0.25, -0.2) is 0 Å². The summed E-state index contributed by atoms with van der Waals surface area (Å²) in [5.74, 6) is -2.48. The molecule has 2 amide bonds. The van der Waals surface area contributed by atoms with Gasteiger partial charge in [0.2, 0.25) is 0 Å². The van der Waals surface area contributed by atoms with Crippen LogP contribution >= 0.6 is 0 Å². The first kappa shape index (κ1) is 19.8. The van der Waals surface area contributed by atoms with Crippen LogP contribution in [0.2, 0.25) is 0 Å². The van der Waals surface area contributed by atoms with Gasteiger partial charge >= 0.3 is 0 Å². The van der Waals surface area contributed by atoms with Crippen molar-refractivity contribution in [2.24, 2.45) is 0 Å². The van der Waals surface area contributed by atoms with Gasteiger partial charge in [0.1, 0.15) is 0 Å². The number of para-hydroxylation sites is 1. The van der Waals surface area contributed by atoms with E-state index in [1.807, 2.05) is 26.0 Å².